The van der Waals surface area contributed by atoms with Gasteiger partial charge in [0.15, 0.2) is 0 Å². The van der Waals surface area contributed by atoms with Crippen LogP contribution in [-0.4, -0.2) is 0 Å². The van der Waals surface area contributed by atoms with Crippen molar-refractivity contribution in [3.8, 4) is 18.4 Å². The first-order valence-electron chi connectivity index (χ1n) is 5.26. The lowest BCUT2D eigenvalue weighted by molar-refractivity contribution is 1.47. The summed E-state index contributed by atoms with van der Waals surface area (Å²) in [6.07, 6.45) is 5.34. The molecule has 0 heterocycles. The molecule has 2 aromatic carbocycles. The highest BCUT2D eigenvalue weighted by atomic mass is 35.5. The Balaban J connectivity index is 2.27. The average molecular weight is 253 g/mol. The van der Waals surface area contributed by atoms with Crippen molar-refractivity contribution < 1.29 is 0 Å². The molecule has 0 saturated heterocycles. The molecular formula is C15H9ClN2. The number of nitriles is 1. The molecule has 18 heavy (non-hydrogen) atoms. The van der Waals surface area contributed by atoms with Crippen molar-refractivity contribution in [2.45, 2.75) is 0 Å². The van der Waals surface area contributed by atoms with Gasteiger partial charge in [0.2, 0.25) is 0 Å². The van der Waals surface area contributed by atoms with Gasteiger partial charge in [-0.1, -0.05) is 23.6 Å². The SMILES string of the molecule is C#Cc1cccc(Nc2ccc(C#N)c(Cl)c2)c1. The molecule has 2 nitrogen and oxygen atoms in total. The minimum absolute atomic E-state index is 0.426. The molecule has 0 aliphatic carbocycles. The molecule has 0 aromatic heterocycles. The molecule has 2 rings (SSSR count). The highest BCUT2D eigenvalue weighted by molar-refractivity contribution is 6.32. The van der Waals surface area contributed by atoms with Crippen molar-refractivity contribution in [2.24, 2.45) is 0 Å². The van der Waals surface area contributed by atoms with E-state index in [1.165, 1.54) is 0 Å². The first-order chi connectivity index (χ1) is 8.72. The van der Waals surface area contributed by atoms with Crippen molar-refractivity contribution in [1.82, 2.24) is 0 Å². The Hall–Kier alpha value is -2.42. The fourth-order valence-corrected chi connectivity index (χ4v) is 1.76. The standard InChI is InChI=1S/C15H9ClN2/c1-2-11-4-3-5-13(8-11)18-14-7-6-12(10-17)15(16)9-14/h1,3-9,18H. The third-order valence-electron chi connectivity index (χ3n) is 2.41. The van der Waals surface area contributed by atoms with Gasteiger partial charge in [0.05, 0.1) is 10.6 Å². The van der Waals surface area contributed by atoms with E-state index >= 15 is 0 Å². The number of benzene rings is 2. The quantitative estimate of drug-likeness (QED) is 0.822. The van der Waals surface area contributed by atoms with Crippen LogP contribution in [0.4, 0.5) is 11.4 Å². The molecule has 0 saturated carbocycles. The summed E-state index contributed by atoms with van der Waals surface area (Å²) in [7, 11) is 0. The molecule has 0 unspecified atom stereocenters. The lowest BCUT2D eigenvalue weighted by Crippen LogP contribution is -1.91. The number of hydrogen-bond donors (Lipinski definition) is 1. The van der Waals surface area contributed by atoms with Crippen molar-refractivity contribution in [3.63, 3.8) is 0 Å². The summed E-state index contributed by atoms with van der Waals surface area (Å²) in [5, 5.41) is 12.4. The van der Waals surface area contributed by atoms with E-state index in [0.29, 0.717) is 10.6 Å². The van der Waals surface area contributed by atoms with Crippen molar-refractivity contribution in [3.05, 3.63) is 58.6 Å². The van der Waals surface area contributed by atoms with E-state index < -0.39 is 0 Å². The van der Waals surface area contributed by atoms with E-state index in [2.05, 4.69) is 11.2 Å². The van der Waals surface area contributed by atoms with Gasteiger partial charge in [-0.2, -0.15) is 5.26 Å². The number of rotatable bonds is 2. The lowest BCUT2D eigenvalue weighted by atomic mass is 10.2. The zero-order valence-electron chi connectivity index (χ0n) is 9.44. The summed E-state index contributed by atoms with van der Waals surface area (Å²) in [4.78, 5) is 0. The van der Waals surface area contributed by atoms with Crippen LogP contribution < -0.4 is 5.32 Å². The maximum Gasteiger partial charge on any atom is 0.101 e. The van der Waals surface area contributed by atoms with Crippen molar-refractivity contribution >= 4 is 23.0 Å². The Morgan fingerprint density at radius 3 is 2.56 bits per heavy atom. The molecule has 0 amide bonds. The number of hydrogen-bond acceptors (Lipinski definition) is 2. The summed E-state index contributed by atoms with van der Waals surface area (Å²) in [6.45, 7) is 0. The number of nitrogens with one attached hydrogen (secondary N) is 1. The van der Waals surface area contributed by atoms with Crippen LogP contribution >= 0.6 is 11.6 Å². The second kappa shape index (κ2) is 5.27. The molecule has 0 atom stereocenters. The predicted molar refractivity (Wildman–Crippen MR) is 73.8 cm³/mol. The second-order valence-electron chi connectivity index (χ2n) is 3.66. The summed E-state index contributed by atoms with van der Waals surface area (Å²) < 4.78 is 0. The van der Waals surface area contributed by atoms with Gasteiger partial charge in [-0.15, -0.1) is 6.42 Å². The third kappa shape index (κ3) is 2.63. The van der Waals surface area contributed by atoms with Gasteiger partial charge in [-0.3, -0.25) is 0 Å². The largest absolute Gasteiger partial charge is 0.355 e. The van der Waals surface area contributed by atoms with E-state index in [9.17, 15) is 0 Å². The van der Waals surface area contributed by atoms with Crippen LogP contribution in [0.2, 0.25) is 5.02 Å². The first kappa shape index (κ1) is 12.0. The second-order valence-corrected chi connectivity index (χ2v) is 4.06. The first-order valence-corrected chi connectivity index (χ1v) is 5.64. The van der Waals surface area contributed by atoms with Gasteiger partial charge in [0.25, 0.3) is 0 Å². The van der Waals surface area contributed by atoms with Gasteiger partial charge in [0, 0.05) is 16.9 Å². The molecule has 3 heteroatoms. The van der Waals surface area contributed by atoms with Crippen LogP contribution in [0.3, 0.4) is 0 Å². The number of terminal acetylenes is 1. The molecule has 1 N–H and O–H groups in total. The van der Waals surface area contributed by atoms with E-state index in [0.717, 1.165) is 16.9 Å². The van der Waals surface area contributed by atoms with Crippen LogP contribution in [0.25, 0.3) is 0 Å². The predicted octanol–water partition coefficient (Wildman–Crippen LogP) is 3.94. The van der Waals surface area contributed by atoms with Crippen LogP contribution in [-0.2, 0) is 0 Å². The topological polar surface area (TPSA) is 35.8 Å². The van der Waals surface area contributed by atoms with E-state index in [1.807, 2.05) is 30.3 Å². The molecule has 0 bridgehead atoms. The molecule has 0 spiro atoms. The lowest BCUT2D eigenvalue weighted by Gasteiger charge is -2.07. The van der Waals surface area contributed by atoms with Gasteiger partial charge in [-0.05, 0) is 36.4 Å². The van der Waals surface area contributed by atoms with Gasteiger partial charge in [0.1, 0.15) is 6.07 Å². The van der Waals surface area contributed by atoms with Crippen molar-refractivity contribution in [2.75, 3.05) is 5.32 Å². The smallest absolute Gasteiger partial charge is 0.101 e. The zero-order chi connectivity index (χ0) is 13.0. The Bertz CT molecular complexity index is 663. The maximum absolute atomic E-state index is 8.79. The minimum Gasteiger partial charge on any atom is -0.355 e. The highest BCUT2D eigenvalue weighted by Gasteiger charge is 2.01. The number of anilines is 2. The van der Waals surface area contributed by atoms with E-state index in [4.69, 9.17) is 23.3 Å². The normalized spacial score (nSPS) is 9.28. The third-order valence-corrected chi connectivity index (χ3v) is 2.72. The van der Waals surface area contributed by atoms with E-state index in [1.54, 1.807) is 18.2 Å². The molecule has 0 aliphatic heterocycles. The molecule has 0 radical (unpaired) electrons. The Kier molecular flexibility index (Phi) is 3.53. The minimum atomic E-state index is 0.426. The van der Waals surface area contributed by atoms with Gasteiger partial charge in [-0.25, -0.2) is 0 Å². The summed E-state index contributed by atoms with van der Waals surface area (Å²) in [6, 6.07) is 14.7. The van der Waals surface area contributed by atoms with Crippen LogP contribution in [0.15, 0.2) is 42.5 Å². The molecule has 0 fully saturated rings. The average Bonchev–Trinajstić information content (AvgIpc) is 2.39. The van der Waals surface area contributed by atoms with E-state index in [-0.39, 0.29) is 0 Å². The molecule has 2 aromatic rings. The summed E-state index contributed by atoms with van der Waals surface area (Å²) >= 11 is 5.96. The highest BCUT2D eigenvalue weighted by Crippen LogP contribution is 2.23. The molecule has 86 valence electrons. The summed E-state index contributed by atoms with van der Waals surface area (Å²) in [5.41, 5.74) is 2.96. The maximum atomic E-state index is 8.79. The Morgan fingerprint density at radius 2 is 1.89 bits per heavy atom. The van der Waals surface area contributed by atoms with Crippen LogP contribution in [0.5, 0.6) is 0 Å². The molecule has 0 aliphatic rings. The van der Waals surface area contributed by atoms with Crippen LogP contribution in [0.1, 0.15) is 11.1 Å². The zero-order valence-corrected chi connectivity index (χ0v) is 10.2. The van der Waals surface area contributed by atoms with Crippen LogP contribution in [0, 0.1) is 23.7 Å². The van der Waals surface area contributed by atoms with Crippen molar-refractivity contribution in [1.29, 1.82) is 5.26 Å². The molecular weight excluding hydrogens is 244 g/mol. The Morgan fingerprint density at radius 1 is 1.11 bits per heavy atom. The fraction of sp³-hybridized carbons (Fsp3) is 0. The number of nitrogens with zero attached hydrogens (tertiary/aromatic N) is 1. The monoisotopic (exact) mass is 252 g/mol. The number of halogens is 1. The fourth-order valence-electron chi connectivity index (χ4n) is 1.54. The van der Waals surface area contributed by atoms with Gasteiger partial charge >= 0.3 is 0 Å². The van der Waals surface area contributed by atoms with Gasteiger partial charge < -0.3 is 5.32 Å². The Labute approximate surface area is 111 Å². The summed E-state index contributed by atoms with van der Waals surface area (Å²) in [5.74, 6) is 2.57.